The summed E-state index contributed by atoms with van der Waals surface area (Å²) in [6.45, 7) is 5.23. The number of aromatic nitrogens is 1. The van der Waals surface area contributed by atoms with E-state index in [1.807, 2.05) is 26.0 Å². The van der Waals surface area contributed by atoms with Crippen LogP contribution in [0.2, 0.25) is 0 Å². The van der Waals surface area contributed by atoms with Gasteiger partial charge in [-0.1, -0.05) is 0 Å². The molecule has 0 bridgehead atoms. The maximum atomic E-state index is 5.67. The first-order valence-electron chi connectivity index (χ1n) is 7.65. The number of benzene rings is 1. The number of nitrogens with zero attached hydrogens (tertiary/aromatic N) is 1. The topological polar surface area (TPSA) is 34.1 Å². The number of nitrogens with one attached hydrogen (secondary N) is 1. The lowest BCUT2D eigenvalue weighted by Gasteiger charge is -2.09. The molecule has 1 atom stereocenters. The van der Waals surface area contributed by atoms with E-state index in [-0.39, 0.29) is 6.10 Å². The van der Waals surface area contributed by atoms with E-state index in [0.29, 0.717) is 6.04 Å². The molecule has 0 radical (unpaired) electrons. The molecule has 3 nitrogen and oxygen atoms in total. The first-order valence-corrected chi connectivity index (χ1v) is 8.53. The van der Waals surface area contributed by atoms with Crippen LogP contribution in [0.3, 0.4) is 0 Å². The van der Waals surface area contributed by atoms with Gasteiger partial charge in [0.05, 0.1) is 16.8 Å². The molecule has 3 rings (SSSR count). The van der Waals surface area contributed by atoms with Gasteiger partial charge in [-0.15, -0.1) is 11.3 Å². The van der Waals surface area contributed by atoms with Crippen LogP contribution in [0.1, 0.15) is 31.7 Å². The van der Waals surface area contributed by atoms with Gasteiger partial charge in [0.15, 0.2) is 0 Å². The molecule has 4 heteroatoms. The van der Waals surface area contributed by atoms with E-state index in [9.17, 15) is 0 Å². The molecule has 2 aromatic rings. The second-order valence-electron chi connectivity index (χ2n) is 5.81. The van der Waals surface area contributed by atoms with Crippen molar-refractivity contribution in [2.24, 2.45) is 0 Å². The molecule has 112 valence electrons. The van der Waals surface area contributed by atoms with E-state index < -0.39 is 0 Å². The van der Waals surface area contributed by atoms with Gasteiger partial charge >= 0.3 is 0 Å². The first-order chi connectivity index (χ1) is 10.2. The van der Waals surface area contributed by atoms with Gasteiger partial charge in [-0.25, -0.2) is 4.98 Å². The van der Waals surface area contributed by atoms with Crippen LogP contribution in [-0.4, -0.2) is 23.7 Å². The van der Waals surface area contributed by atoms with Crippen molar-refractivity contribution in [1.29, 1.82) is 0 Å². The van der Waals surface area contributed by atoms with E-state index in [1.54, 1.807) is 11.3 Å². The van der Waals surface area contributed by atoms with Gasteiger partial charge in [0.1, 0.15) is 5.75 Å². The fourth-order valence-corrected chi connectivity index (χ4v) is 3.54. The molecule has 0 aliphatic carbocycles. The van der Waals surface area contributed by atoms with E-state index in [0.717, 1.165) is 30.0 Å². The van der Waals surface area contributed by atoms with E-state index in [4.69, 9.17) is 9.72 Å². The molecule has 21 heavy (non-hydrogen) atoms. The van der Waals surface area contributed by atoms with Gasteiger partial charge in [-0.2, -0.15) is 0 Å². The number of thiazole rings is 1. The highest BCUT2D eigenvalue weighted by atomic mass is 32.1. The molecule has 1 aliphatic rings. The average molecular weight is 302 g/mol. The van der Waals surface area contributed by atoms with Crippen LogP contribution >= 0.6 is 11.3 Å². The van der Waals surface area contributed by atoms with Crippen molar-refractivity contribution in [3.8, 4) is 17.0 Å². The maximum Gasteiger partial charge on any atom is 0.119 e. The minimum Gasteiger partial charge on any atom is -0.491 e. The monoisotopic (exact) mass is 302 g/mol. The molecule has 1 fully saturated rings. The molecule has 0 spiro atoms. The van der Waals surface area contributed by atoms with Gasteiger partial charge in [0.2, 0.25) is 0 Å². The van der Waals surface area contributed by atoms with Crippen LogP contribution in [0.4, 0.5) is 0 Å². The fraction of sp³-hybridized carbons (Fsp3) is 0.471. The van der Waals surface area contributed by atoms with Gasteiger partial charge in [-0.05, 0) is 57.5 Å². The SMILES string of the molecule is CC(C)Oc1ccc(-c2csc(CC3CCCN3)n2)cc1. The maximum absolute atomic E-state index is 5.67. The highest BCUT2D eigenvalue weighted by molar-refractivity contribution is 7.09. The molecule has 1 saturated heterocycles. The zero-order chi connectivity index (χ0) is 14.7. The van der Waals surface area contributed by atoms with E-state index >= 15 is 0 Å². The Balaban J connectivity index is 1.67. The average Bonchev–Trinajstić information content (AvgIpc) is 3.11. The van der Waals surface area contributed by atoms with Crippen LogP contribution in [-0.2, 0) is 6.42 Å². The molecule has 1 aliphatic heterocycles. The molecule has 1 N–H and O–H groups in total. The molecular weight excluding hydrogens is 280 g/mol. The van der Waals surface area contributed by atoms with Crippen LogP contribution in [0.15, 0.2) is 29.6 Å². The summed E-state index contributed by atoms with van der Waals surface area (Å²) in [6, 6.07) is 8.83. The van der Waals surface area contributed by atoms with Crippen molar-refractivity contribution in [3.05, 3.63) is 34.7 Å². The predicted octanol–water partition coefficient (Wildman–Crippen LogP) is 3.89. The minimum atomic E-state index is 0.209. The summed E-state index contributed by atoms with van der Waals surface area (Å²) < 4.78 is 5.67. The third-order valence-electron chi connectivity index (χ3n) is 3.66. The largest absolute Gasteiger partial charge is 0.491 e. The predicted molar refractivity (Wildman–Crippen MR) is 88.0 cm³/mol. The van der Waals surface area contributed by atoms with Crippen LogP contribution in [0.25, 0.3) is 11.3 Å². The first kappa shape index (κ1) is 14.5. The molecule has 0 amide bonds. The Kier molecular flexibility index (Phi) is 4.56. The summed E-state index contributed by atoms with van der Waals surface area (Å²) in [4.78, 5) is 4.77. The Labute approximate surface area is 130 Å². The number of ether oxygens (including phenoxy) is 1. The van der Waals surface area contributed by atoms with Crippen molar-refractivity contribution in [1.82, 2.24) is 10.3 Å². The molecule has 1 aromatic carbocycles. The summed E-state index contributed by atoms with van der Waals surface area (Å²) in [5.74, 6) is 0.916. The Morgan fingerprint density at radius 3 is 2.81 bits per heavy atom. The quantitative estimate of drug-likeness (QED) is 0.910. The Bertz CT molecular complexity index is 571. The third kappa shape index (κ3) is 3.83. The van der Waals surface area contributed by atoms with Crippen LogP contribution in [0, 0.1) is 0 Å². The minimum absolute atomic E-state index is 0.209. The lowest BCUT2D eigenvalue weighted by atomic mass is 10.1. The Hall–Kier alpha value is -1.39. The molecule has 1 unspecified atom stereocenters. The summed E-state index contributed by atoms with van der Waals surface area (Å²) in [6.07, 6.45) is 3.83. The molecule has 0 saturated carbocycles. The second kappa shape index (κ2) is 6.58. The second-order valence-corrected chi connectivity index (χ2v) is 6.76. The van der Waals surface area contributed by atoms with Gasteiger partial charge in [0.25, 0.3) is 0 Å². The van der Waals surface area contributed by atoms with Crippen molar-refractivity contribution in [2.75, 3.05) is 6.54 Å². The van der Waals surface area contributed by atoms with Crippen LogP contribution in [0.5, 0.6) is 5.75 Å². The van der Waals surface area contributed by atoms with E-state index in [2.05, 4.69) is 22.8 Å². The fourth-order valence-electron chi connectivity index (χ4n) is 2.66. The number of rotatable bonds is 5. The Morgan fingerprint density at radius 2 is 2.14 bits per heavy atom. The molecule has 1 aromatic heterocycles. The highest BCUT2D eigenvalue weighted by Gasteiger charge is 2.16. The highest BCUT2D eigenvalue weighted by Crippen LogP contribution is 2.25. The summed E-state index contributed by atoms with van der Waals surface area (Å²) >= 11 is 1.76. The number of hydrogen-bond acceptors (Lipinski definition) is 4. The normalized spacial score (nSPS) is 18.3. The van der Waals surface area contributed by atoms with E-state index in [1.165, 1.54) is 17.8 Å². The summed E-state index contributed by atoms with van der Waals surface area (Å²) in [7, 11) is 0. The van der Waals surface area contributed by atoms with Crippen molar-refractivity contribution < 1.29 is 4.74 Å². The lowest BCUT2D eigenvalue weighted by molar-refractivity contribution is 0.242. The summed E-state index contributed by atoms with van der Waals surface area (Å²) in [5.41, 5.74) is 2.23. The smallest absolute Gasteiger partial charge is 0.119 e. The zero-order valence-corrected chi connectivity index (χ0v) is 13.5. The Morgan fingerprint density at radius 1 is 1.33 bits per heavy atom. The molecule has 2 heterocycles. The van der Waals surface area contributed by atoms with Crippen molar-refractivity contribution in [3.63, 3.8) is 0 Å². The third-order valence-corrected chi connectivity index (χ3v) is 4.53. The zero-order valence-electron chi connectivity index (χ0n) is 12.6. The van der Waals surface area contributed by atoms with Crippen LogP contribution < -0.4 is 10.1 Å². The van der Waals surface area contributed by atoms with Crippen molar-refractivity contribution >= 4 is 11.3 Å². The van der Waals surface area contributed by atoms with Gasteiger partial charge in [0, 0.05) is 23.4 Å². The van der Waals surface area contributed by atoms with Gasteiger partial charge < -0.3 is 10.1 Å². The standard InChI is InChI=1S/C17H22N2OS/c1-12(2)20-15-7-5-13(6-8-15)16-11-21-17(19-16)10-14-4-3-9-18-14/h5-8,11-12,14,18H,3-4,9-10H2,1-2H3. The van der Waals surface area contributed by atoms with Gasteiger partial charge in [-0.3, -0.25) is 0 Å². The number of hydrogen-bond donors (Lipinski definition) is 1. The van der Waals surface area contributed by atoms with Crippen molar-refractivity contribution in [2.45, 2.75) is 45.3 Å². The lowest BCUT2D eigenvalue weighted by Crippen LogP contribution is -2.23. The summed E-state index contributed by atoms with van der Waals surface area (Å²) in [5, 5.41) is 6.91. The molecular formula is C17H22N2OS.